The molecule has 1 aromatic heterocycles. The molecule has 0 aromatic carbocycles. The van der Waals surface area contributed by atoms with Crippen molar-refractivity contribution in [2.45, 2.75) is 26.3 Å². The number of carbonyl (C=O) groups is 1. The first-order valence-corrected chi connectivity index (χ1v) is 3.82. The molecule has 0 bridgehead atoms. The molecule has 0 aliphatic heterocycles. The fraction of sp³-hybridized carbons (Fsp3) is 0.500. The van der Waals surface area contributed by atoms with Crippen LogP contribution in [0.4, 0.5) is 0 Å². The minimum absolute atomic E-state index is 0.0231. The largest absolute Gasteiger partial charge is 0.481 e. The lowest BCUT2D eigenvalue weighted by atomic mass is 10.2. The number of rotatable bonds is 3. The number of aromatic nitrogens is 2. The Labute approximate surface area is 70.9 Å². The van der Waals surface area contributed by atoms with Crippen molar-refractivity contribution in [3.05, 3.63) is 18.2 Å². The molecule has 0 saturated carbocycles. The maximum atomic E-state index is 10.4. The molecule has 1 N–H and O–H groups in total. The van der Waals surface area contributed by atoms with Crippen LogP contribution in [0.2, 0.25) is 0 Å². The normalized spacial score (nSPS) is 12.8. The van der Waals surface area contributed by atoms with Gasteiger partial charge >= 0.3 is 5.97 Å². The predicted octanol–water partition coefficient (Wildman–Crippen LogP) is 1.23. The molecule has 0 amide bonds. The maximum absolute atomic E-state index is 10.4. The Morgan fingerprint density at radius 2 is 2.50 bits per heavy atom. The Morgan fingerprint density at radius 1 is 1.83 bits per heavy atom. The van der Waals surface area contributed by atoms with Gasteiger partial charge in [-0.05, 0) is 13.8 Å². The van der Waals surface area contributed by atoms with Crippen LogP contribution in [0.1, 0.15) is 25.2 Å². The molecule has 66 valence electrons. The Hall–Kier alpha value is -1.32. The van der Waals surface area contributed by atoms with Gasteiger partial charge in [-0.2, -0.15) is 0 Å². The van der Waals surface area contributed by atoms with Crippen LogP contribution in [0.5, 0.6) is 0 Å². The van der Waals surface area contributed by atoms with Gasteiger partial charge in [-0.3, -0.25) is 4.79 Å². The van der Waals surface area contributed by atoms with Gasteiger partial charge in [-0.1, -0.05) is 0 Å². The zero-order chi connectivity index (χ0) is 9.14. The third kappa shape index (κ3) is 1.84. The van der Waals surface area contributed by atoms with Crippen LogP contribution in [-0.2, 0) is 4.79 Å². The molecule has 1 unspecified atom stereocenters. The zero-order valence-corrected chi connectivity index (χ0v) is 7.19. The minimum Gasteiger partial charge on any atom is -0.481 e. The molecule has 0 aliphatic rings. The smallest absolute Gasteiger partial charge is 0.305 e. The summed E-state index contributed by atoms with van der Waals surface area (Å²) < 4.78 is 1.86. The molecule has 4 nitrogen and oxygen atoms in total. The van der Waals surface area contributed by atoms with E-state index in [-0.39, 0.29) is 12.5 Å². The van der Waals surface area contributed by atoms with Crippen molar-refractivity contribution in [1.29, 1.82) is 0 Å². The first-order valence-electron chi connectivity index (χ1n) is 3.82. The van der Waals surface area contributed by atoms with Gasteiger partial charge in [-0.15, -0.1) is 0 Å². The van der Waals surface area contributed by atoms with Gasteiger partial charge in [0, 0.05) is 18.4 Å². The van der Waals surface area contributed by atoms with Crippen molar-refractivity contribution in [1.82, 2.24) is 9.55 Å². The van der Waals surface area contributed by atoms with E-state index in [9.17, 15) is 4.79 Å². The number of aliphatic carboxylic acids is 1. The summed E-state index contributed by atoms with van der Waals surface area (Å²) in [5.41, 5.74) is 0. The molecule has 4 heteroatoms. The van der Waals surface area contributed by atoms with E-state index in [1.807, 2.05) is 18.4 Å². The molecule has 1 aromatic rings. The number of imidazole rings is 1. The lowest BCUT2D eigenvalue weighted by Crippen LogP contribution is -2.10. The van der Waals surface area contributed by atoms with Crippen LogP contribution in [-0.4, -0.2) is 20.6 Å². The summed E-state index contributed by atoms with van der Waals surface area (Å²) >= 11 is 0. The van der Waals surface area contributed by atoms with Gasteiger partial charge in [-0.25, -0.2) is 4.98 Å². The third-order valence-electron chi connectivity index (χ3n) is 1.81. The fourth-order valence-electron chi connectivity index (χ4n) is 1.20. The standard InChI is InChI=1S/C8H12N2O2/c1-6(5-8(11)12)10-4-3-9-7(10)2/h3-4,6H,5H2,1-2H3,(H,11,12). The first-order chi connectivity index (χ1) is 5.61. The average Bonchev–Trinajstić information content (AvgIpc) is 2.33. The van der Waals surface area contributed by atoms with E-state index in [0.717, 1.165) is 5.82 Å². The van der Waals surface area contributed by atoms with Crippen molar-refractivity contribution in [2.75, 3.05) is 0 Å². The Kier molecular flexibility index (Phi) is 2.47. The molecule has 12 heavy (non-hydrogen) atoms. The first kappa shape index (κ1) is 8.77. The summed E-state index contributed by atoms with van der Waals surface area (Å²) in [6, 6.07) is -0.0231. The van der Waals surface area contributed by atoms with E-state index >= 15 is 0 Å². The summed E-state index contributed by atoms with van der Waals surface area (Å²) in [4.78, 5) is 14.4. The van der Waals surface area contributed by atoms with Crippen LogP contribution in [0.25, 0.3) is 0 Å². The van der Waals surface area contributed by atoms with Crippen LogP contribution >= 0.6 is 0 Å². The van der Waals surface area contributed by atoms with Gasteiger partial charge in [0.15, 0.2) is 0 Å². The molecule has 0 radical (unpaired) electrons. The van der Waals surface area contributed by atoms with Crippen LogP contribution < -0.4 is 0 Å². The van der Waals surface area contributed by atoms with Gasteiger partial charge < -0.3 is 9.67 Å². The number of aryl methyl sites for hydroxylation is 1. The molecule has 0 saturated heterocycles. The highest BCUT2D eigenvalue weighted by atomic mass is 16.4. The highest BCUT2D eigenvalue weighted by Crippen LogP contribution is 2.11. The molecule has 1 rings (SSSR count). The molecule has 1 heterocycles. The number of hydrogen-bond acceptors (Lipinski definition) is 2. The summed E-state index contributed by atoms with van der Waals surface area (Å²) in [5.74, 6) is 0.0688. The average molecular weight is 168 g/mol. The van der Waals surface area contributed by atoms with Crippen molar-refractivity contribution < 1.29 is 9.90 Å². The number of hydrogen-bond donors (Lipinski definition) is 1. The summed E-state index contributed by atoms with van der Waals surface area (Å²) in [6.07, 6.45) is 3.60. The lowest BCUT2D eigenvalue weighted by Gasteiger charge is -2.11. The summed E-state index contributed by atoms with van der Waals surface area (Å²) in [6.45, 7) is 3.72. The van der Waals surface area contributed by atoms with Crippen LogP contribution in [0, 0.1) is 6.92 Å². The minimum atomic E-state index is -0.782. The maximum Gasteiger partial charge on any atom is 0.305 e. The van der Waals surface area contributed by atoms with Gasteiger partial charge in [0.25, 0.3) is 0 Å². The van der Waals surface area contributed by atoms with Gasteiger partial charge in [0.2, 0.25) is 0 Å². The molecular weight excluding hydrogens is 156 g/mol. The highest BCUT2D eigenvalue weighted by molar-refractivity contribution is 5.67. The number of carboxylic acids is 1. The SMILES string of the molecule is Cc1nccn1C(C)CC(=O)O. The molecule has 0 spiro atoms. The van der Waals surface area contributed by atoms with E-state index in [2.05, 4.69) is 4.98 Å². The second-order valence-corrected chi connectivity index (χ2v) is 2.83. The predicted molar refractivity (Wildman–Crippen MR) is 43.9 cm³/mol. The Balaban J connectivity index is 2.71. The van der Waals surface area contributed by atoms with Crippen molar-refractivity contribution in [3.8, 4) is 0 Å². The molecular formula is C8H12N2O2. The zero-order valence-electron chi connectivity index (χ0n) is 7.19. The fourth-order valence-corrected chi connectivity index (χ4v) is 1.20. The third-order valence-corrected chi connectivity index (χ3v) is 1.81. The van der Waals surface area contributed by atoms with Crippen LogP contribution in [0.3, 0.4) is 0 Å². The number of carboxylic acid groups (broad SMARTS) is 1. The van der Waals surface area contributed by atoms with Crippen molar-refractivity contribution in [2.24, 2.45) is 0 Å². The molecule has 1 atom stereocenters. The quantitative estimate of drug-likeness (QED) is 0.738. The van der Waals surface area contributed by atoms with Gasteiger partial charge in [0.05, 0.1) is 6.42 Å². The molecule has 0 fully saturated rings. The van der Waals surface area contributed by atoms with Gasteiger partial charge in [0.1, 0.15) is 5.82 Å². The Bertz CT molecular complexity index is 280. The summed E-state index contributed by atoms with van der Waals surface area (Å²) in [5, 5.41) is 8.54. The van der Waals surface area contributed by atoms with E-state index in [1.54, 1.807) is 12.4 Å². The highest BCUT2D eigenvalue weighted by Gasteiger charge is 2.10. The number of nitrogens with zero attached hydrogens (tertiary/aromatic N) is 2. The van der Waals surface area contributed by atoms with E-state index in [0.29, 0.717) is 0 Å². The second kappa shape index (κ2) is 3.38. The Morgan fingerprint density at radius 3 is 2.92 bits per heavy atom. The lowest BCUT2D eigenvalue weighted by molar-refractivity contribution is -0.137. The van der Waals surface area contributed by atoms with E-state index in [1.165, 1.54) is 0 Å². The van der Waals surface area contributed by atoms with Crippen molar-refractivity contribution >= 4 is 5.97 Å². The second-order valence-electron chi connectivity index (χ2n) is 2.83. The topological polar surface area (TPSA) is 55.1 Å². The van der Waals surface area contributed by atoms with E-state index < -0.39 is 5.97 Å². The van der Waals surface area contributed by atoms with Crippen molar-refractivity contribution in [3.63, 3.8) is 0 Å². The summed E-state index contributed by atoms with van der Waals surface area (Å²) in [7, 11) is 0. The molecule has 0 aliphatic carbocycles. The monoisotopic (exact) mass is 168 g/mol. The van der Waals surface area contributed by atoms with E-state index in [4.69, 9.17) is 5.11 Å². The van der Waals surface area contributed by atoms with Crippen LogP contribution in [0.15, 0.2) is 12.4 Å².